The average molecular weight is 414 g/mol. The minimum Gasteiger partial charge on any atom is -0.324 e. The molecular formula is C19H23N7O2S. The Hall–Kier alpha value is -2.98. The molecular weight excluding hydrogens is 390 g/mol. The Morgan fingerprint density at radius 3 is 2.69 bits per heavy atom. The van der Waals surface area contributed by atoms with Crippen LogP contribution in [0.15, 0.2) is 46.5 Å². The minimum atomic E-state index is -3.72. The molecule has 4 N–H and O–H groups in total. The van der Waals surface area contributed by atoms with Gasteiger partial charge in [0, 0.05) is 30.4 Å². The lowest BCUT2D eigenvalue weighted by atomic mass is 10.2. The third-order valence-corrected chi connectivity index (χ3v) is 5.74. The van der Waals surface area contributed by atoms with Gasteiger partial charge in [-0.3, -0.25) is 0 Å². The number of rotatable bonds is 3. The monoisotopic (exact) mass is 413 g/mol. The molecule has 0 spiro atoms. The van der Waals surface area contributed by atoms with Crippen LogP contribution in [-0.4, -0.2) is 35.7 Å². The van der Waals surface area contributed by atoms with Gasteiger partial charge in [-0.1, -0.05) is 12.8 Å². The lowest BCUT2D eigenvalue weighted by Crippen LogP contribution is -2.11. The summed E-state index contributed by atoms with van der Waals surface area (Å²) in [5.41, 5.74) is 5.58. The first-order valence-electron chi connectivity index (χ1n) is 9.53. The predicted octanol–water partition coefficient (Wildman–Crippen LogP) is 2.32. The first kappa shape index (κ1) is 19.3. The molecule has 29 heavy (non-hydrogen) atoms. The summed E-state index contributed by atoms with van der Waals surface area (Å²) in [5.74, 6) is 0.436. The summed E-state index contributed by atoms with van der Waals surface area (Å²) in [4.78, 5) is 9.12. The third-order valence-electron chi connectivity index (χ3n) is 4.81. The van der Waals surface area contributed by atoms with Crippen molar-refractivity contribution in [1.82, 2.24) is 20.0 Å². The second-order valence-electron chi connectivity index (χ2n) is 6.97. The number of hydrogen-bond acceptors (Lipinski definition) is 7. The van der Waals surface area contributed by atoms with Crippen LogP contribution < -0.4 is 15.9 Å². The number of hydrazone groups is 1. The lowest BCUT2D eigenvalue weighted by Gasteiger charge is -2.09. The molecule has 2 aromatic heterocycles. The van der Waals surface area contributed by atoms with Gasteiger partial charge in [0.25, 0.3) is 0 Å². The van der Waals surface area contributed by atoms with Gasteiger partial charge in [0.15, 0.2) is 0 Å². The van der Waals surface area contributed by atoms with Crippen molar-refractivity contribution in [3.63, 3.8) is 0 Å². The number of nitrogens with zero attached hydrogens (tertiary/aromatic N) is 4. The van der Waals surface area contributed by atoms with Gasteiger partial charge in [0.1, 0.15) is 5.65 Å². The van der Waals surface area contributed by atoms with Gasteiger partial charge >= 0.3 is 0 Å². The van der Waals surface area contributed by atoms with Crippen LogP contribution in [0.2, 0.25) is 0 Å². The molecule has 10 heteroatoms. The number of aromatic nitrogens is 3. The maximum absolute atomic E-state index is 11.4. The Morgan fingerprint density at radius 2 is 1.90 bits per heavy atom. The molecule has 4 rings (SSSR count). The Labute approximate surface area is 169 Å². The zero-order valence-electron chi connectivity index (χ0n) is 15.9. The molecule has 9 nitrogen and oxygen atoms in total. The fourth-order valence-electron chi connectivity index (χ4n) is 3.32. The molecule has 0 bridgehead atoms. The van der Waals surface area contributed by atoms with E-state index in [-0.39, 0.29) is 4.90 Å². The molecule has 0 fully saturated rings. The fourth-order valence-corrected chi connectivity index (χ4v) is 3.84. The predicted molar refractivity (Wildman–Crippen MR) is 113 cm³/mol. The van der Waals surface area contributed by atoms with Crippen LogP contribution in [0.5, 0.6) is 0 Å². The highest BCUT2D eigenvalue weighted by molar-refractivity contribution is 7.89. The maximum atomic E-state index is 11.4. The molecule has 0 amide bonds. The molecule has 0 aliphatic carbocycles. The number of hydrogen-bond donors (Lipinski definition) is 3. The standard InChI is InChI=1S/C19H23N7O2S/c20-29(27,28)17-7-5-15(6-8-17)24-19-21-12-14-11-16-13-23-22-9-3-1-2-4-10-26(16)18(14)25-19/h5-8,11-13,22H,1-4,9-10H2,(H2,20,27,28)(H,21,24,25). The molecule has 0 atom stereocenters. The van der Waals surface area contributed by atoms with Crippen LogP contribution in [-0.2, 0) is 16.6 Å². The van der Waals surface area contributed by atoms with Gasteiger partial charge in [-0.05, 0) is 43.2 Å². The van der Waals surface area contributed by atoms with Crippen molar-refractivity contribution in [1.29, 1.82) is 0 Å². The van der Waals surface area contributed by atoms with Crippen molar-refractivity contribution in [2.45, 2.75) is 37.1 Å². The van der Waals surface area contributed by atoms with Crippen LogP contribution in [0.1, 0.15) is 31.4 Å². The number of aryl methyl sites for hydroxylation is 1. The Kier molecular flexibility index (Phi) is 5.45. The van der Waals surface area contributed by atoms with E-state index in [4.69, 9.17) is 5.14 Å². The van der Waals surface area contributed by atoms with E-state index in [0.717, 1.165) is 49.1 Å². The number of fused-ring (bicyclic) bond motifs is 3. The molecule has 3 heterocycles. The topological polar surface area (TPSA) is 127 Å². The van der Waals surface area contributed by atoms with Crippen molar-refractivity contribution >= 4 is 38.9 Å². The molecule has 0 unspecified atom stereocenters. The summed E-state index contributed by atoms with van der Waals surface area (Å²) in [5, 5.41) is 13.5. The Morgan fingerprint density at radius 1 is 1.10 bits per heavy atom. The van der Waals surface area contributed by atoms with Gasteiger partial charge in [0.2, 0.25) is 16.0 Å². The number of benzene rings is 1. The molecule has 1 aromatic carbocycles. The van der Waals surface area contributed by atoms with E-state index in [1.807, 2.05) is 12.3 Å². The summed E-state index contributed by atoms with van der Waals surface area (Å²) in [7, 11) is -3.72. The van der Waals surface area contributed by atoms with Crippen LogP contribution in [0.4, 0.5) is 11.6 Å². The van der Waals surface area contributed by atoms with Gasteiger partial charge in [-0.25, -0.2) is 18.5 Å². The average Bonchev–Trinajstić information content (AvgIpc) is 3.00. The number of nitrogens with two attached hydrogens (primary N) is 1. The van der Waals surface area contributed by atoms with Gasteiger partial charge in [-0.15, -0.1) is 0 Å². The van der Waals surface area contributed by atoms with E-state index < -0.39 is 10.0 Å². The van der Waals surface area contributed by atoms with Crippen molar-refractivity contribution < 1.29 is 8.42 Å². The molecule has 0 saturated heterocycles. The zero-order valence-corrected chi connectivity index (χ0v) is 16.7. The summed E-state index contributed by atoms with van der Waals surface area (Å²) in [6, 6.07) is 8.18. The van der Waals surface area contributed by atoms with Crippen LogP contribution in [0, 0.1) is 0 Å². The Balaban J connectivity index is 1.63. The second-order valence-corrected chi connectivity index (χ2v) is 8.53. The third kappa shape index (κ3) is 4.54. The molecule has 0 radical (unpaired) electrons. The quantitative estimate of drug-likeness (QED) is 0.605. The summed E-state index contributed by atoms with van der Waals surface area (Å²) < 4.78 is 24.9. The highest BCUT2D eigenvalue weighted by Crippen LogP contribution is 2.22. The number of sulfonamides is 1. The largest absolute Gasteiger partial charge is 0.324 e. The van der Waals surface area contributed by atoms with E-state index in [1.165, 1.54) is 18.6 Å². The minimum absolute atomic E-state index is 0.0585. The molecule has 152 valence electrons. The Bertz CT molecular complexity index is 1140. The summed E-state index contributed by atoms with van der Waals surface area (Å²) >= 11 is 0. The maximum Gasteiger partial charge on any atom is 0.238 e. The van der Waals surface area contributed by atoms with Gasteiger partial charge in [0.05, 0.1) is 16.8 Å². The normalized spacial score (nSPS) is 15.3. The van der Waals surface area contributed by atoms with E-state index in [0.29, 0.717) is 11.6 Å². The number of primary sulfonamides is 1. The van der Waals surface area contributed by atoms with Crippen molar-refractivity contribution in [3.8, 4) is 0 Å². The molecule has 0 saturated carbocycles. The van der Waals surface area contributed by atoms with E-state index in [9.17, 15) is 8.42 Å². The van der Waals surface area contributed by atoms with Crippen LogP contribution in [0.3, 0.4) is 0 Å². The number of nitrogens with one attached hydrogen (secondary N) is 2. The van der Waals surface area contributed by atoms with Crippen LogP contribution in [0.25, 0.3) is 11.0 Å². The highest BCUT2D eigenvalue weighted by Gasteiger charge is 2.12. The fraction of sp³-hybridized carbons (Fsp3) is 0.316. The first-order chi connectivity index (χ1) is 14.0. The smallest absolute Gasteiger partial charge is 0.238 e. The molecule has 3 aromatic rings. The first-order valence-corrected chi connectivity index (χ1v) is 11.1. The van der Waals surface area contributed by atoms with Gasteiger partial charge < -0.3 is 15.3 Å². The highest BCUT2D eigenvalue weighted by atomic mass is 32.2. The second kappa shape index (κ2) is 8.18. The van der Waals surface area contributed by atoms with E-state index >= 15 is 0 Å². The zero-order chi connectivity index (χ0) is 20.3. The van der Waals surface area contributed by atoms with Gasteiger partial charge in [-0.2, -0.15) is 10.1 Å². The summed E-state index contributed by atoms with van der Waals surface area (Å²) in [6.07, 6.45) is 8.13. The summed E-state index contributed by atoms with van der Waals surface area (Å²) in [6.45, 7) is 1.75. The lowest BCUT2D eigenvalue weighted by molar-refractivity contribution is 0.567. The van der Waals surface area contributed by atoms with E-state index in [1.54, 1.807) is 18.3 Å². The van der Waals surface area contributed by atoms with Crippen molar-refractivity contribution in [2.75, 3.05) is 11.9 Å². The molecule has 1 aliphatic rings. The SMILES string of the molecule is NS(=O)(=O)c1ccc(Nc2ncc3cc4n(c3n2)CCCCCCNN=C4)cc1. The van der Waals surface area contributed by atoms with Crippen molar-refractivity contribution in [3.05, 3.63) is 42.2 Å². The van der Waals surface area contributed by atoms with Crippen LogP contribution >= 0.6 is 0 Å². The number of anilines is 2. The van der Waals surface area contributed by atoms with Crippen molar-refractivity contribution in [2.24, 2.45) is 10.2 Å². The van der Waals surface area contributed by atoms with E-state index in [2.05, 4.69) is 30.4 Å². The molecule has 1 aliphatic heterocycles.